The zero-order valence-electron chi connectivity index (χ0n) is 12.8. The van der Waals surface area contributed by atoms with E-state index in [-0.39, 0.29) is 5.91 Å². The molecule has 114 valence electrons. The quantitative estimate of drug-likeness (QED) is 0.747. The van der Waals surface area contributed by atoms with E-state index in [0.29, 0.717) is 19.5 Å². The van der Waals surface area contributed by atoms with Crippen molar-refractivity contribution in [3.05, 3.63) is 71.8 Å². The second-order valence-corrected chi connectivity index (χ2v) is 5.88. The number of amides is 1. The maximum Gasteiger partial charge on any atom is 0.223 e. The Morgan fingerprint density at radius 2 is 1.96 bits per heavy atom. The first-order chi connectivity index (χ1) is 11.3. The summed E-state index contributed by atoms with van der Waals surface area (Å²) in [4.78, 5) is 22.6. The summed E-state index contributed by atoms with van der Waals surface area (Å²) in [7, 11) is 0. The lowest BCUT2D eigenvalue weighted by atomic mass is 10.0. The van der Waals surface area contributed by atoms with Gasteiger partial charge in [0.2, 0.25) is 5.91 Å². The van der Waals surface area contributed by atoms with Gasteiger partial charge in [-0.1, -0.05) is 42.5 Å². The van der Waals surface area contributed by atoms with Crippen LogP contribution in [0, 0.1) is 0 Å². The van der Waals surface area contributed by atoms with Crippen molar-refractivity contribution in [2.75, 3.05) is 0 Å². The largest absolute Gasteiger partial charge is 0.332 e. The molecular weight excluding hydrogens is 286 g/mol. The molecule has 4 nitrogen and oxygen atoms in total. The molecular formula is C19H17N3O. The third kappa shape index (κ3) is 2.68. The second-order valence-electron chi connectivity index (χ2n) is 5.88. The summed E-state index contributed by atoms with van der Waals surface area (Å²) in [5.74, 6) is 0.177. The SMILES string of the molecule is O=C(CCc1cccc2ccccc12)N1Cc2cncnc2C1. The summed E-state index contributed by atoms with van der Waals surface area (Å²) >= 11 is 0. The smallest absolute Gasteiger partial charge is 0.223 e. The number of fused-ring (bicyclic) bond motifs is 2. The van der Waals surface area contributed by atoms with Gasteiger partial charge in [-0.25, -0.2) is 9.97 Å². The molecule has 0 atom stereocenters. The van der Waals surface area contributed by atoms with E-state index >= 15 is 0 Å². The lowest BCUT2D eigenvalue weighted by molar-refractivity contribution is -0.131. The predicted molar refractivity (Wildman–Crippen MR) is 88.6 cm³/mol. The minimum atomic E-state index is 0.177. The molecule has 2 aromatic carbocycles. The van der Waals surface area contributed by atoms with Crippen LogP contribution >= 0.6 is 0 Å². The van der Waals surface area contributed by atoms with Gasteiger partial charge in [-0.3, -0.25) is 4.79 Å². The molecule has 0 N–H and O–H groups in total. The number of aryl methyl sites for hydroxylation is 1. The molecule has 0 saturated carbocycles. The zero-order valence-corrected chi connectivity index (χ0v) is 12.8. The van der Waals surface area contributed by atoms with Gasteiger partial charge in [0, 0.05) is 24.7 Å². The van der Waals surface area contributed by atoms with Crippen LogP contribution < -0.4 is 0 Å². The molecule has 0 aliphatic carbocycles. The van der Waals surface area contributed by atoms with Crippen molar-refractivity contribution < 1.29 is 4.79 Å². The lowest BCUT2D eigenvalue weighted by Crippen LogP contribution is -2.25. The maximum atomic E-state index is 12.5. The fourth-order valence-electron chi connectivity index (χ4n) is 3.19. The van der Waals surface area contributed by atoms with Crippen LogP contribution in [-0.2, 0) is 24.3 Å². The van der Waals surface area contributed by atoms with Crippen LogP contribution in [-0.4, -0.2) is 20.8 Å². The van der Waals surface area contributed by atoms with E-state index in [1.807, 2.05) is 17.0 Å². The number of hydrogen-bond donors (Lipinski definition) is 0. The van der Waals surface area contributed by atoms with E-state index in [0.717, 1.165) is 17.7 Å². The highest BCUT2D eigenvalue weighted by atomic mass is 16.2. The molecule has 23 heavy (non-hydrogen) atoms. The van der Waals surface area contributed by atoms with Crippen LogP contribution in [0.15, 0.2) is 55.0 Å². The Morgan fingerprint density at radius 3 is 2.87 bits per heavy atom. The third-order valence-electron chi connectivity index (χ3n) is 4.42. The summed E-state index contributed by atoms with van der Waals surface area (Å²) < 4.78 is 0. The molecule has 0 unspecified atom stereocenters. The van der Waals surface area contributed by atoms with Gasteiger partial charge >= 0.3 is 0 Å². The normalized spacial score (nSPS) is 13.3. The first kappa shape index (κ1) is 13.9. The minimum absolute atomic E-state index is 0.177. The number of carbonyl (C=O) groups is 1. The van der Waals surface area contributed by atoms with Gasteiger partial charge in [-0.05, 0) is 22.8 Å². The Kier molecular flexibility index (Phi) is 3.50. The highest BCUT2D eigenvalue weighted by Crippen LogP contribution is 2.23. The molecule has 2 heterocycles. The monoisotopic (exact) mass is 303 g/mol. The highest BCUT2D eigenvalue weighted by Gasteiger charge is 2.24. The summed E-state index contributed by atoms with van der Waals surface area (Å²) in [6, 6.07) is 14.6. The molecule has 1 aliphatic heterocycles. The average Bonchev–Trinajstić information content (AvgIpc) is 3.04. The van der Waals surface area contributed by atoms with Crippen molar-refractivity contribution >= 4 is 16.7 Å². The molecule has 1 aromatic heterocycles. The van der Waals surface area contributed by atoms with Crippen molar-refractivity contribution in [2.24, 2.45) is 0 Å². The van der Waals surface area contributed by atoms with E-state index in [4.69, 9.17) is 0 Å². The molecule has 0 saturated heterocycles. The van der Waals surface area contributed by atoms with Crippen molar-refractivity contribution in [3.63, 3.8) is 0 Å². The van der Waals surface area contributed by atoms with Gasteiger partial charge in [0.25, 0.3) is 0 Å². The van der Waals surface area contributed by atoms with Crippen LogP contribution in [0.1, 0.15) is 23.2 Å². The summed E-state index contributed by atoms with van der Waals surface area (Å²) in [6.07, 6.45) is 4.64. The Balaban J connectivity index is 1.46. The van der Waals surface area contributed by atoms with Crippen LogP contribution in [0.5, 0.6) is 0 Å². The fourth-order valence-corrected chi connectivity index (χ4v) is 3.19. The van der Waals surface area contributed by atoms with Crippen molar-refractivity contribution in [1.29, 1.82) is 0 Å². The maximum absolute atomic E-state index is 12.5. The van der Waals surface area contributed by atoms with Crippen LogP contribution in [0.3, 0.4) is 0 Å². The molecule has 3 aromatic rings. The number of nitrogens with zero attached hydrogens (tertiary/aromatic N) is 3. The van der Waals surface area contributed by atoms with Crippen molar-refractivity contribution in [1.82, 2.24) is 14.9 Å². The van der Waals surface area contributed by atoms with Gasteiger partial charge in [-0.2, -0.15) is 0 Å². The summed E-state index contributed by atoms with van der Waals surface area (Å²) in [5.41, 5.74) is 3.26. The zero-order chi connectivity index (χ0) is 15.6. The van der Waals surface area contributed by atoms with E-state index in [1.165, 1.54) is 16.3 Å². The predicted octanol–water partition coefficient (Wildman–Crippen LogP) is 3.10. The lowest BCUT2D eigenvalue weighted by Gasteiger charge is -2.15. The molecule has 1 aliphatic rings. The van der Waals surface area contributed by atoms with Crippen LogP contribution in [0.4, 0.5) is 0 Å². The van der Waals surface area contributed by atoms with Gasteiger partial charge in [0.15, 0.2) is 0 Å². The Morgan fingerprint density at radius 1 is 1.09 bits per heavy atom. The fraction of sp³-hybridized carbons (Fsp3) is 0.211. The van der Waals surface area contributed by atoms with Gasteiger partial charge in [0.05, 0.1) is 12.2 Å². The first-order valence-corrected chi connectivity index (χ1v) is 7.83. The van der Waals surface area contributed by atoms with Gasteiger partial charge in [0.1, 0.15) is 6.33 Å². The average molecular weight is 303 g/mol. The molecule has 4 heteroatoms. The Labute approximate surface area is 134 Å². The van der Waals surface area contributed by atoms with Gasteiger partial charge < -0.3 is 4.90 Å². The standard InChI is InChI=1S/C19H17N3O/c23-19(22-11-16-10-20-13-21-18(16)12-22)9-8-15-6-3-5-14-4-1-2-7-17(14)15/h1-7,10,13H,8-9,11-12H2. The molecule has 0 spiro atoms. The molecule has 4 rings (SSSR count). The summed E-state index contributed by atoms with van der Waals surface area (Å²) in [6.45, 7) is 1.23. The number of rotatable bonds is 3. The van der Waals surface area contributed by atoms with E-state index in [1.54, 1.807) is 12.5 Å². The molecule has 0 bridgehead atoms. The molecule has 0 radical (unpaired) electrons. The Hall–Kier alpha value is -2.75. The van der Waals surface area contributed by atoms with E-state index < -0.39 is 0 Å². The number of aromatic nitrogens is 2. The number of carbonyl (C=O) groups excluding carboxylic acids is 1. The summed E-state index contributed by atoms with van der Waals surface area (Å²) in [5, 5.41) is 2.46. The molecule has 1 amide bonds. The third-order valence-corrected chi connectivity index (χ3v) is 4.42. The van der Waals surface area contributed by atoms with E-state index in [2.05, 4.69) is 40.3 Å². The van der Waals surface area contributed by atoms with E-state index in [9.17, 15) is 4.79 Å². The van der Waals surface area contributed by atoms with Crippen molar-refractivity contribution in [3.8, 4) is 0 Å². The van der Waals surface area contributed by atoms with Crippen LogP contribution in [0.2, 0.25) is 0 Å². The van der Waals surface area contributed by atoms with Crippen LogP contribution in [0.25, 0.3) is 10.8 Å². The topological polar surface area (TPSA) is 46.1 Å². The number of hydrogen-bond acceptors (Lipinski definition) is 3. The Bertz CT molecular complexity index is 845. The number of benzene rings is 2. The first-order valence-electron chi connectivity index (χ1n) is 7.83. The minimum Gasteiger partial charge on any atom is -0.332 e. The van der Waals surface area contributed by atoms with Crippen molar-refractivity contribution in [2.45, 2.75) is 25.9 Å². The van der Waals surface area contributed by atoms with Gasteiger partial charge in [-0.15, -0.1) is 0 Å². The highest BCUT2D eigenvalue weighted by molar-refractivity contribution is 5.86. The second kappa shape index (κ2) is 5.80. The molecule has 0 fully saturated rings.